The van der Waals surface area contributed by atoms with Gasteiger partial charge in [-0.15, -0.1) is 0 Å². The third-order valence-corrected chi connectivity index (χ3v) is 6.19. The first-order valence-electron chi connectivity index (χ1n) is 10.1. The van der Waals surface area contributed by atoms with Crippen molar-refractivity contribution in [3.05, 3.63) is 59.4 Å². The van der Waals surface area contributed by atoms with Crippen molar-refractivity contribution in [1.29, 1.82) is 0 Å². The lowest BCUT2D eigenvalue weighted by molar-refractivity contribution is -0.128. The quantitative estimate of drug-likeness (QED) is 0.653. The lowest BCUT2D eigenvalue weighted by Gasteiger charge is -2.35. The predicted molar refractivity (Wildman–Crippen MR) is 106 cm³/mol. The van der Waals surface area contributed by atoms with Gasteiger partial charge in [0.15, 0.2) is 0 Å². The molecule has 1 amide bonds. The van der Waals surface area contributed by atoms with E-state index in [0.29, 0.717) is 42.7 Å². The first kappa shape index (κ1) is 19.2. The fourth-order valence-corrected chi connectivity index (χ4v) is 4.54. The van der Waals surface area contributed by atoms with Crippen molar-refractivity contribution >= 4 is 16.8 Å². The minimum atomic E-state index is -0.672. The summed E-state index contributed by atoms with van der Waals surface area (Å²) in [5.41, 5.74) is 2.34. The van der Waals surface area contributed by atoms with Gasteiger partial charge >= 0.3 is 0 Å². The molecule has 1 saturated heterocycles. The number of aromatic nitrogens is 1. The van der Waals surface area contributed by atoms with Crippen LogP contribution in [-0.4, -0.2) is 30.1 Å². The molecular weight excluding hydrogens is 393 g/mol. The molecule has 5 rings (SSSR count). The Morgan fingerprint density at radius 3 is 2.53 bits per heavy atom. The van der Waals surface area contributed by atoms with Gasteiger partial charge in [-0.1, -0.05) is 0 Å². The summed E-state index contributed by atoms with van der Waals surface area (Å²) < 4.78 is 47.1. The van der Waals surface area contributed by atoms with Crippen LogP contribution in [0, 0.1) is 23.4 Å². The van der Waals surface area contributed by atoms with Crippen LogP contribution in [-0.2, 0) is 9.53 Å². The summed E-state index contributed by atoms with van der Waals surface area (Å²) >= 11 is 0. The van der Waals surface area contributed by atoms with Gasteiger partial charge in [0.2, 0.25) is 5.91 Å². The van der Waals surface area contributed by atoms with Crippen LogP contribution >= 0.6 is 0 Å². The Bertz CT molecular complexity index is 1100. The Balaban J connectivity index is 1.46. The van der Waals surface area contributed by atoms with Crippen LogP contribution in [0.1, 0.15) is 30.7 Å². The molecule has 0 radical (unpaired) electrons. The number of aromatic amines is 1. The van der Waals surface area contributed by atoms with E-state index in [1.165, 1.54) is 18.2 Å². The summed E-state index contributed by atoms with van der Waals surface area (Å²) in [4.78, 5) is 15.6. The number of fused-ring (bicyclic) bond motifs is 1. The molecule has 0 spiro atoms. The number of carbonyl (C=O) groups is 1. The van der Waals surface area contributed by atoms with E-state index in [1.54, 1.807) is 12.1 Å². The Morgan fingerprint density at radius 1 is 1.07 bits per heavy atom. The van der Waals surface area contributed by atoms with Crippen molar-refractivity contribution in [1.82, 2.24) is 10.3 Å². The lowest BCUT2D eigenvalue weighted by Crippen LogP contribution is -2.43. The van der Waals surface area contributed by atoms with Crippen molar-refractivity contribution in [2.45, 2.75) is 31.2 Å². The maximum absolute atomic E-state index is 14.4. The normalized spacial score (nSPS) is 23.5. The van der Waals surface area contributed by atoms with Crippen LogP contribution in [0.15, 0.2) is 36.4 Å². The molecule has 1 aliphatic heterocycles. The molecule has 2 heterocycles. The first-order valence-corrected chi connectivity index (χ1v) is 10.1. The van der Waals surface area contributed by atoms with Gasteiger partial charge in [0.1, 0.15) is 17.5 Å². The summed E-state index contributed by atoms with van der Waals surface area (Å²) in [5, 5.41) is 3.49. The van der Waals surface area contributed by atoms with Crippen LogP contribution in [0.25, 0.3) is 22.2 Å². The van der Waals surface area contributed by atoms with Crippen molar-refractivity contribution in [2.75, 3.05) is 13.2 Å². The molecule has 4 nitrogen and oxygen atoms in total. The van der Waals surface area contributed by atoms with Crippen molar-refractivity contribution in [3.63, 3.8) is 0 Å². The summed E-state index contributed by atoms with van der Waals surface area (Å²) in [6.07, 6.45) is 2.01. The Morgan fingerprint density at radius 2 is 1.83 bits per heavy atom. The van der Waals surface area contributed by atoms with Crippen molar-refractivity contribution in [2.24, 2.45) is 5.92 Å². The SMILES string of the molecule is O=C(N[C@@H]1CCOC1)C1CC(c2c(-c3ccc(F)cc3)[nH]c3c(F)cc(F)cc23)C1. The topological polar surface area (TPSA) is 54.1 Å². The van der Waals surface area contributed by atoms with Crippen molar-refractivity contribution < 1.29 is 22.7 Å². The second kappa shape index (κ2) is 7.47. The van der Waals surface area contributed by atoms with Gasteiger partial charge in [-0.2, -0.15) is 0 Å². The molecule has 7 heteroatoms. The molecule has 2 aromatic carbocycles. The van der Waals surface area contributed by atoms with E-state index in [4.69, 9.17) is 4.74 Å². The van der Waals surface area contributed by atoms with Gasteiger partial charge in [0.05, 0.1) is 23.9 Å². The van der Waals surface area contributed by atoms with E-state index in [9.17, 15) is 18.0 Å². The highest BCUT2D eigenvalue weighted by Crippen LogP contribution is 2.48. The smallest absolute Gasteiger partial charge is 0.223 e. The Kier molecular flexibility index (Phi) is 4.77. The lowest BCUT2D eigenvalue weighted by atomic mass is 9.69. The zero-order chi connectivity index (χ0) is 20.8. The highest BCUT2D eigenvalue weighted by molar-refractivity contribution is 5.92. The van der Waals surface area contributed by atoms with E-state index >= 15 is 0 Å². The molecule has 1 saturated carbocycles. The number of H-pyrrole nitrogens is 1. The van der Waals surface area contributed by atoms with E-state index < -0.39 is 11.6 Å². The largest absolute Gasteiger partial charge is 0.379 e. The number of carbonyl (C=O) groups excluding carboxylic acids is 1. The second-order valence-corrected chi connectivity index (χ2v) is 8.17. The van der Waals surface area contributed by atoms with E-state index in [0.717, 1.165) is 18.1 Å². The molecule has 2 fully saturated rings. The average molecular weight is 414 g/mol. The number of halogens is 3. The fourth-order valence-electron chi connectivity index (χ4n) is 4.54. The van der Waals surface area contributed by atoms with Gasteiger partial charge in [-0.3, -0.25) is 4.79 Å². The molecular formula is C23H21F3N2O2. The molecule has 156 valence electrons. The summed E-state index contributed by atoms with van der Waals surface area (Å²) in [6.45, 7) is 1.20. The van der Waals surface area contributed by atoms with Gasteiger partial charge in [0.25, 0.3) is 0 Å². The number of rotatable bonds is 4. The van der Waals surface area contributed by atoms with E-state index in [-0.39, 0.29) is 35.1 Å². The number of amides is 1. The van der Waals surface area contributed by atoms with Crippen LogP contribution in [0.3, 0.4) is 0 Å². The molecule has 30 heavy (non-hydrogen) atoms. The average Bonchev–Trinajstić information content (AvgIpc) is 3.30. The third-order valence-electron chi connectivity index (χ3n) is 6.19. The minimum absolute atomic E-state index is 0.00212. The van der Waals surface area contributed by atoms with Gasteiger partial charge < -0.3 is 15.0 Å². The molecule has 1 aliphatic carbocycles. The number of hydrogen-bond acceptors (Lipinski definition) is 2. The van der Waals surface area contributed by atoms with Crippen LogP contribution in [0.2, 0.25) is 0 Å². The van der Waals surface area contributed by atoms with Crippen LogP contribution < -0.4 is 5.32 Å². The first-order chi connectivity index (χ1) is 14.5. The Hall–Kier alpha value is -2.80. The monoisotopic (exact) mass is 414 g/mol. The van der Waals surface area contributed by atoms with Gasteiger partial charge in [-0.25, -0.2) is 13.2 Å². The standard InChI is InChI=1S/C23H21F3N2O2/c24-15-3-1-12(2-4-15)21-20(18-9-16(25)10-19(26)22(18)28-21)13-7-14(8-13)23(29)27-17-5-6-30-11-17/h1-4,9-10,13-14,17,28H,5-8,11H2,(H,27,29)/t13?,14?,17-/m1/s1. The minimum Gasteiger partial charge on any atom is -0.379 e. The summed E-state index contributed by atoms with van der Waals surface area (Å²) in [7, 11) is 0. The maximum atomic E-state index is 14.4. The molecule has 2 N–H and O–H groups in total. The number of hydrogen-bond donors (Lipinski definition) is 2. The second-order valence-electron chi connectivity index (χ2n) is 8.17. The third kappa shape index (κ3) is 3.37. The molecule has 0 unspecified atom stereocenters. The molecule has 0 bridgehead atoms. The molecule has 1 aromatic heterocycles. The molecule has 2 aliphatic rings. The summed E-state index contributed by atoms with van der Waals surface area (Å²) in [5.74, 6) is -1.85. The number of ether oxygens (including phenoxy) is 1. The number of benzene rings is 2. The highest BCUT2D eigenvalue weighted by atomic mass is 19.1. The molecule has 1 atom stereocenters. The van der Waals surface area contributed by atoms with Crippen LogP contribution in [0.5, 0.6) is 0 Å². The fraction of sp³-hybridized carbons (Fsp3) is 0.348. The van der Waals surface area contributed by atoms with E-state index in [1.807, 2.05) is 0 Å². The van der Waals surface area contributed by atoms with Crippen LogP contribution in [0.4, 0.5) is 13.2 Å². The van der Waals surface area contributed by atoms with Crippen molar-refractivity contribution in [3.8, 4) is 11.3 Å². The predicted octanol–water partition coefficient (Wildman–Crippen LogP) is 4.65. The summed E-state index contributed by atoms with van der Waals surface area (Å²) in [6, 6.07) is 8.12. The molecule has 3 aromatic rings. The Labute approximate surface area is 171 Å². The maximum Gasteiger partial charge on any atom is 0.223 e. The van der Waals surface area contributed by atoms with E-state index in [2.05, 4.69) is 10.3 Å². The zero-order valence-corrected chi connectivity index (χ0v) is 16.2. The zero-order valence-electron chi connectivity index (χ0n) is 16.2. The highest BCUT2D eigenvalue weighted by Gasteiger charge is 2.39. The van der Waals surface area contributed by atoms with Gasteiger partial charge in [0, 0.05) is 24.0 Å². The number of nitrogens with one attached hydrogen (secondary N) is 2. The van der Waals surface area contributed by atoms with Gasteiger partial charge in [-0.05, 0) is 66.6 Å².